The van der Waals surface area contributed by atoms with Crippen LogP contribution in [0.1, 0.15) is 33.2 Å². The zero-order valence-corrected chi connectivity index (χ0v) is 22.7. The average molecular weight is 549 g/mol. The number of carbonyl (C=O) groups excluding carboxylic acids is 1. The van der Waals surface area contributed by atoms with Gasteiger partial charge in [-0.2, -0.15) is 5.10 Å². The van der Waals surface area contributed by atoms with Crippen molar-refractivity contribution in [3.05, 3.63) is 71.4 Å². The first-order valence-electron chi connectivity index (χ1n) is 12.4. The van der Waals surface area contributed by atoms with Gasteiger partial charge in [0.05, 0.1) is 33.5 Å². The van der Waals surface area contributed by atoms with E-state index < -0.39 is 5.60 Å². The van der Waals surface area contributed by atoms with Crippen LogP contribution >= 0.6 is 23.2 Å². The fraction of sp³-hybridized carbons (Fsp3) is 0.286. The lowest BCUT2D eigenvalue weighted by molar-refractivity contribution is 0.0288. The normalized spacial score (nSPS) is 16.0. The summed E-state index contributed by atoms with van der Waals surface area (Å²) < 4.78 is 9.41. The Bertz CT molecular complexity index is 1670. The third kappa shape index (κ3) is 4.59. The summed E-state index contributed by atoms with van der Waals surface area (Å²) in [6.45, 7) is 6.83. The molecule has 8 nitrogen and oxygen atoms in total. The highest BCUT2D eigenvalue weighted by Gasteiger charge is 2.31. The average Bonchev–Trinajstić information content (AvgIpc) is 3.61. The van der Waals surface area contributed by atoms with Gasteiger partial charge >= 0.3 is 6.09 Å². The summed E-state index contributed by atoms with van der Waals surface area (Å²) in [5, 5.41) is 6.61. The molecule has 194 valence electrons. The van der Waals surface area contributed by atoms with Crippen LogP contribution in [0.2, 0.25) is 10.0 Å². The third-order valence-electron chi connectivity index (χ3n) is 6.63. The Labute approximate surface area is 229 Å². The lowest BCUT2D eigenvalue weighted by atomic mass is 10.1. The number of ether oxygens (including phenoxy) is 1. The molecule has 6 rings (SSSR count). The number of hydrogen-bond acceptors (Lipinski definition) is 5. The van der Waals surface area contributed by atoms with Crippen molar-refractivity contribution in [1.29, 1.82) is 0 Å². The maximum absolute atomic E-state index is 12.5. The third-order valence-corrected chi connectivity index (χ3v) is 7.26. The number of amides is 1. The fourth-order valence-corrected chi connectivity index (χ4v) is 5.39. The number of hydrogen-bond donors (Lipinski definition) is 0. The Hall–Kier alpha value is -3.62. The van der Waals surface area contributed by atoms with Gasteiger partial charge in [0.25, 0.3) is 0 Å². The molecule has 1 aromatic carbocycles. The topological polar surface area (TPSA) is 77.5 Å². The quantitative estimate of drug-likeness (QED) is 0.245. The molecule has 0 bridgehead atoms. The lowest BCUT2D eigenvalue weighted by Gasteiger charge is -2.24. The predicted octanol–water partition coefficient (Wildman–Crippen LogP) is 6.90. The van der Waals surface area contributed by atoms with Gasteiger partial charge in [0, 0.05) is 60.0 Å². The number of likely N-dealkylation sites (tertiary alicyclic amines) is 1. The first kappa shape index (κ1) is 24.7. The number of fused-ring (bicyclic) bond motifs is 3. The van der Waals surface area contributed by atoms with Gasteiger partial charge < -0.3 is 14.0 Å². The summed E-state index contributed by atoms with van der Waals surface area (Å²) >= 11 is 12.9. The molecule has 0 radical (unpaired) electrons. The van der Waals surface area contributed by atoms with Crippen LogP contribution in [0.5, 0.6) is 0 Å². The second-order valence-electron chi connectivity index (χ2n) is 10.5. The Morgan fingerprint density at radius 3 is 2.63 bits per heavy atom. The van der Waals surface area contributed by atoms with Gasteiger partial charge in [-0.1, -0.05) is 29.3 Å². The Kier molecular flexibility index (Phi) is 6.04. The molecular formula is C28H26Cl2N6O2. The van der Waals surface area contributed by atoms with Gasteiger partial charge in [0.2, 0.25) is 0 Å². The molecule has 1 aliphatic rings. The SMILES string of the molecule is CC(C)(C)OC(=O)N1CC[C@H](n2cc(-c3cnc4ccn5cc(-c6c(Cl)cccc6Cl)nc5c4c3)cn2)C1. The molecular weight excluding hydrogens is 523 g/mol. The highest BCUT2D eigenvalue weighted by atomic mass is 35.5. The monoisotopic (exact) mass is 548 g/mol. The Balaban J connectivity index is 1.30. The van der Waals surface area contributed by atoms with E-state index in [1.165, 1.54) is 0 Å². The van der Waals surface area contributed by atoms with Crippen molar-refractivity contribution >= 4 is 45.8 Å². The van der Waals surface area contributed by atoms with Gasteiger partial charge in [-0.3, -0.25) is 9.67 Å². The van der Waals surface area contributed by atoms with E-state index in [2.05, 4.69) is 16.1 Å². The largest absolute Gasteiger partial charge is 0.444 e. The van der Waals surface area contributed by atoms with E-state index in [1.54, 1.807) is 17.0 Å². The zero-order chi connectivity index (χ0) is 26.6. The van der Waals surface area contributed by atoms with Crippen LogP contribution in [0.4, 0.5) is 4.79 Å². The van der Waals surface area contributed by atoms with E-state index in [4.69, 9.17) is 32.9 Å². The molecule has 4 aromatic heterocycles. The molecule has 0 unspecified atom stereocenters. The first-order chi connectivity index (χ1) is 18.2. The number of carbonyl (C=O) groups is 1. The van der Waals surface area contributed by atoms with Crippen LogP contribution < -0.4 is 0 Å². The number of benzene rings is 1. The second-order valence-corrected chi connectivity index (χ2v) is 11.3. The molecule has 1 fully saturated rings. The number of nitrogens with zero attached hydrogens (tertiary/aromatic N) is 6. The molecule has 1 atom stereocenters. The van der Waals surface area contributed by atoms with Gasteiger partial charge in [-0.15, -0.1) is 0 Å². The highest BCUT2D eigenvalue weighted by molar-refractivity contribution is 6.39. The minimum absolute atomic E-state index is 0.0895. The van der Waals surface area contributed by atoms with Crippen LogP contribution in [0.15, 0.2) is 61.3 Å². The van der Waals surface area contributed by atoms with Gasteiger partial charge in [-0.25, -0.2) is 9.78 Å². The Morgan fingerprint density at radius 1 is 1.08 bits per heavy atom. The van der Waals surface area contributed by atoms with Crippen molar-refractivity contribution in [2.24, 2.45) is 0 Å². The number of imidazole rings is 1. The fourth-order valence-electron chi connectivity index (χ4n) is 4.80. The molecule has 5 heterocycles. The number of halogens is 2. The molecule has 0 aliphatic carbocycles. The van der Waals surface area contributed by atoms with E-state index in [1.807, 2.05) is 73.0 Å². The van der Waals surface area contributed by atoms with E-state index >= 15 is 0 Å². The van der Waals surface area contributed by atoms with Crippen LogP contribution in [-0.4, -0.2) is 53.8 Å². The van der Waals surface area contributed by atoms with Crippen LogP contribution in [0, 0.1) is 0 Å². The standard InChI is InChI=1S/C28H26Cl2N6O2/c1-28(2,3)38-27(37)35-9-7-19(15-35)36-14-18(13-32-36)17-11-20-23(31-12-17)8-10-34-16-24(33-26(20)34)25-21(29)5-4-6-22(25)30/h4-6,8,10-14,16,19H,7,9,15H2,1-3H3/t19-/m0/s1. The van der Waals surface area contributed by atoms with Crippen molar-refractivity contribution in [3.63, 3.8) is 0 Å². The minimum atomic E-state index is -0.516. The molecule has 1 saturated heterocycles. The van der Waals surface area contributed by atoms with Gasteiger partial charge in [-0.05, 0) is 51.5 Å². The maximum Gasteiger partial charge on any atom is 0.410 e. The molecule has 1 amide bonds. The molecule has 1 aliphatic heterocycles. The molecule has 5 aromatic rings. The van der Waals surface area contributed by atoms with Crippen molar-refractivity contribution in [3.8, 4) is 22.4 Å². The van der Waals surface area contributed by atoms with E-state index in [0.717, 1.165) is 34.1 Å². The van der Waals surface area contributed by atoms with Crippen LogP contribution in [0.25, 0.3) is 38.9 Å². The van der Waals surface area contributed by atoms with Crippen LogP contribution in [-0.2, 0) is 4.74 Å². The highest BCUT2D eigenvalue weighted by Crippen LogP contribution is 2.35. The maximum atomic E-state index is 12.5. The van der Waals surface area contributed by atoms with Crippen molar-refractivity contribution < 1.29 is 9.53 Å². The predicted molar refractivity (Wildman–Crippen MR) is 149 cm³/mol. The van der Waals surface area contributed by atoms with Crippen molar-refractivity contribution in [1.82, 2.24) is 29.0 Å². The molecule has 10 heteroatoms. The minimum Gasteiger partial charge on any atom is -0.444 e. The number of pyridine rings is 2. The second kappa shape index (κ2) is 9.29. The zero-order valence-electron chi connectivity index (χ0n) is 21.2. The molecule has 0 saturated carbocycles. The lowest BCUT2D eigenvalue weighted by Crippen LogP contribution is -2.35. The molecule has 0 spiro atoms. The van der Waals surface area contributed by atoms with Crippen molar-refractivity contribution in [2.45, 2.75) is 38.8 Å². The smallest absolute Gasteiger partial charge is 0.410 e. The number of aromatic nitrogens is 5. The van der Waals surface area contributed by atoms with Gasteiger partial charge in [0.15, 0.2) is 0 Å². The van der Waals surface area contributed by atoms with Gasteiger partial charge in [0.1, 0.15) is 11.2 Å². The van der Waals surface area contributed by atoms with Crippen molar-refractivity contribution in [2.75, 3.05) is 13.1 Å². The van der Waals surface area contributed by atoms with E-state index in [9.17, 15) is 4.79 Å². The molecule has 0 N–H and O–H groups in total. The summed E-state index contributed by atoms with van der Waals surface area (Å²) in [7, 11) is 0. The summed E-state index contributed by atoms with van der Waals surface area (Å²) in [5.74, 6) is 0. The summed E-state index contributed by atoms with van der Waals surface area (Å²) in [6.07, 6.45) is 10.1. The van der Waals surface area contributed by atoms with E-state index in [0.29, 0.717) is 34.4 Å². The first-order valence-corrected chi connectivity index (χ1v) is 13.2. The van der Waals surface area contributed by atoms with E-state index in [-0.39, 0.29) is 12.1 Å². The summed E-state index contributed by atoms with van der Waals surface area (Å²) in [4.78, 5) is 23.8. The summed E-state index contributed by atoms with van der Waals surface area (Å²) in [5.41, 5.74) is 4.35. The van der Waals surface area contributed by atoms with Crippen LogP contribution in [0.3, 0.4) is 0 Å². The number of rotatable bonds is 3. The Morgan fingerprint density at radius 2 is 1.87 bits per heavy atom. The summed E-state index contributed by atoms with van der Waals surface area (Å²) in [6, 6.07) is 9.55. The molecule has 38 heavy (non-hydrogen) atoms.